The Bertz CT molecular complexity index is 823. The maximum absolute atomic E-state index is 5.67. The smallest absolute Gasteiger partial charge is 0.129 e. The lowest BCUT2D eigenvalue weighted by molar-refractivity contribution is 0.405. The minimum atomic E-state index is 0.803. The van der Waals surface area contributed by atoms with Gasteiger partial charge in [0, 0.05) is 25.2 Å². The first kappa shape index (κ1) is 17.2. The van der Waals surface area contributed by atoms with Crippen molar-refractivity contribution in [3.05, 3.63) is 45.6 Å². The fourth-order valence-corrected chi connectivity index (χ4v) is 3.46. The van der Waals surface area contributed by atoms with E-state index in [9.17, 15) is 0 Å². The number of rotatable bonds is 4. The van der Waals surface area contributed by atoms with Crippen molar-refractivity contribution in [3.63, 3.8) is 0 Å². The van der Waals surface area contributed by atoms with Gasteiger partial charge in [-0.3, -0.25) is 0 Å². The summed E-state index contributed by atoms with van der Waals surface area (Å²) < 4.78 is 17.5. The summed E-state index contributed by atoms with van der Waals surface area (Å²) in [4.78, 5) is 0. The molecule has 0 fully saturated rings. The van der Waals surface area contributed by atoms with Crippen LogP contribution in [0.4, 0.5) is 0 Å². The third kappa shape index (κ3) is 2.78. The zero-order valence-corrected chi connectivity index (χ0v) is 17.1. The van der Waals surface area contributed by atoms with Crippen molar-refractivity contribution in [3.8, 4) is 34.0 Å². The molecule has 4 nitrogen and oxygen atoms in total. The van der Waals surface area contributed by atoms with E-state index in [1.54, 1.807) is 14.2 Å². The van der Waals surface area contributed by atoms with Crippen molar-refractivity contribution in [1.82, 2.24) is 9.13 Å². The van der Waals surface area contributed by atoms with E-state index in [1.165, 1.54) is 0 Å². The maximum Gasteiger partial charge on any atom is 0.129 e. The molecule has 3 rings (SSSR count). The lowest BCUT2D eigenvalue weighted by atomic mass is 10.0. The standard InChI is InChI=1S/C18H18Br2N2O2/c1-21-13(5-7-17(21)19)11-9-16(24-4)12(10-15(11)23-3)14-6-8-18(20)22(14)2/h5-10H,1-4H3. The molecule has 0 aliphatic rings. The van der Waals surface area contributed by atoms with Gasteiger partial charge in [-0.15, -0.1) is 0 Å². The Hall–Kier alpha value is -1.66. The Morgan fingerprint density at radius 2 is 1.08 bits per heavy atom. The molecule has 0 bridgehead atoms. The summed E-state index contributed by atoms with van der Waals surface area (Å²) in [7, 11) is 7.39. The summed E-state index contributed by atoms with van der Waals surface area (Å²) in [5.74, 6) is 1.61. The van der Waals surface area contributed by atoms with Crippen molar-refractivity contribution in [2.24, 2.45) is 14.1 Å². The van der Waals surface area contributed by atoms with Crippen molar-refractivity contribution in [1.29, 1.82) is 0 Å². The molecule has 2 aromatic heterocycles. The molecule has 0 unspecified atom stereocenters. The second-order valence-corrected chi connectivity index (χ2v) is 7.08. The van der Waals surface area contributed by atoms with Gasteiger partial charge in [0.05, 0.1) is 34.8 Å². The van der Waals surface area contributed by atoms with Crippen LogP contribution in [0.1, 0.15) is 0 Å². The maximum atomic E-state index is 5.67. The molecule has 3 aromatic rings. The number of aromatic nitrogens is 2. The average Bonchev–Trinajstić information content (AvgIpc) is 3.09. The molecular weight excluding hydrogens is 436 g/mol. The third-order valence-electron chi connectivity index (χ3n) is 4.19. The van der Waals surface area contributed by atoms with Gasteiger partial charge in [0.2, 0.25) is 0 Å². The molecule has 126 valence electrons. The van der Waals surface area contributed by atoms with Gasteiger partial charge in [0.25, 0.3) is 0 Å². The SMILES string of the molecule is COc1cc(-c2ccc(Br)n2C)c(OC)cc1-c1ccc(Br)n1C. The van der Waals surface area contributed by atoms with Gasteiger partial charge in [-0.25, -0.2) is 0 Å². The zero-order chi connectivity index (χ0) is 17.4. The molecule has 0 radical (unpaired) electrons. The summed E-state index contributed by atoms with van der Waals surface area (Å²) in [5, 5.41) is 0. The van der Waals surface area contributed by atoms with Crippen LogP contribution in [0.2, 0.25) is 0 Å². The van der Waals surface area contributed by atoms with Crippen molar-refractivity contribution < 1.29 is 9.47 Å². The normalized spacial score (nSPS) is 10.9. The van der Waals surface area contributed by atoms with E-state index in [4.69, 9.17) is 9.47 Å². The first-order valence-corrected chi connectivity index (χ1v) is 8.95. The van der Waals surface area contributed by atoms with Crippen LogP contribution in [0.15, 0.2) is 45.6 Å². The topological polar surface area (TPSA) is 28.3 Å². The van der Waals surface area contributed by atoms with Gasteiger partial charge >= 0.3 is 0 Å². The number of ether oxygens (including phenoxy) is 2. The van der Waals surface area contributed by atoms with Gasteiger partial charge in [-0.05, 0) is 68.3 Å². The van der Waals surface area contributed by atoms with Crippen LogP contribution in [-0.4, -0.2) is 23.4 Å². The second-order valence-electron chi connectivity index (χ2n) is 5.45. The summed E-state index contributed by atoms with van der Waals surface area (Å²) >= 11 is 7.08. The molecule has 24 heavy (non-hydrogen) atoms. The van der Waals surface area contributed by atoms with E-state index in [1.807, 2.05) is 38.4 Å². The van der Waals surface area contributed by atoms with Crippen molar-refractivity contribution in [2.75, 3.05) is 14.2 Å². The predicted octanol–water partition coefficient (Wildman–Crippen LogP) is 5.24. The number of benzene rings is 1. The number of halogens is 2. The summed E-state index contributed by atoms with van der Waals surface area (Å²) in [6, 6.07) is 12.2. The quantitative estimate of drug-likeness (QED) is 0.540. The minimum absolute atomic E-state index is 0.803. The Labute approximate surface area is 158 Å². The molecule has 1 aromatic carbocycles. The fraction of sp³-hybridized carbons (Fsp3) is 0.222. The van der Waals surface area contributed by atoms with Crippen LogP contribution in [0.5, 0.6) is 11.5 Å². The van der Waals surface area contributed by atoms with Crippen LogP contribution in [0.25, 0.3) is 22.5 Å². The molecule has 0 spiro atoms. The van der Waals surface area contributed by atoms with Crippen LogP contribution in [-0.2, 0) is 14.1 Å². The number of nitrogens with zero attached hydrogens (tertiary/aromatic N) is 2. The molecule has 0 amide bonds. The summed E-state index contributed by atoms with van der Waals surface area (Å²) in [6.07, 6.45) is 0. The zero-order valence-electron chi connectivity index (χ0n) is 13.9. The Kier molecular flexibility index (Phi) is 4.78. The Morgan fingerprint density at radius 1 is 0.708 bits per heavy atom. The van der Waals surface area contributed by atoms with Crippen molar-refractivity contribution in [2.45, 2.75) is 0 Å². The molecule has 0 aliphatic carbocycles. The lowest BCUT2D eigenvalue weighted by Crippen LogP contribution is -1.99. The van der Waals surface area contributed by atoms with Gasteiger partial charge in [0.1, 0.15) is 11.5 Å². The molecule has 0 saturated heterocycles. The number of hydrogen-bond donors (Lipinski definition) is 0. The van der Waals surface area contributed by atoms with Crippen LogP contribution >= 0.6 is 31.9 Å². The summed E-state index contributed by atoms with van der Waals surface area (Å²) in [6.45, 7) is 0. The van der Waals surface area contributed by atoms with Crippen molar-refractivity contribution >= 4 is 31.9 Å². The van der Waals surface area contributed by atoms with Crippen LogP contribution < -0.4 is 9.47 Å². The lowest BCUT2D eigenvalue weighted by Gasteiger charge is -2.16. The Morgan fingerprint density at radius 3 is 1.33 bits per heavy atom. The van der Waals surface area contributed by atoms with E-state index < -0.39 is 0 Å². The van der Waals surface area contributed by atoms with E-state index in [0.29, 0.717) is 0 Å². The van der Waals surface area contributed by atoms with Crippen LogP contribution in [0, 0.1) is 0 Å². The Balaban J connectivity index is 2.24. The van der Waals surface area contributed by atoms with Gasteiger partial charge in [-0.1, -0.05) is 0 Å². The first-order chi connectivity index (χ1) is 11.5. The number of methoxy groups -OCH3 is 2. The molecule has 0 atom stereocenters. The number of hydrogen-bond acceptors (Lipinski definition) is 2. The third-order valence-corrected chi connectivity index (χ3v) is 5.79. The monoisotopic (exact) mass is 452 g/mol. The molecule has 0 N–H and O–H groups in total. The molecule has 6 heteroatoms. The molecule has 2 heterocycles. The highest BCUT2D eigenvalue weighted by molar-refractivity contribution is 9.10. The van der Waals surface area contributed by atoms with Crippen LogP contribution in [0.3, 0.4) is 0 Å². The fourth-order valence-electron chi connectivity index (χ4n) is 2.81. The van der Waals surface area contributed by atoms with Gasteiger partial charge in [-0.2, -0.15) is 0 Å². The second kappa shape index (κ2) is 6.69. The highest BCUT2D eigenvalue weighted by Gasteiger charge is 2.18. The first-order valence-electron chi connectivity index (χ1n) is 7.37. The van der Waals surface area contributed by atoms with Gasteiger partial charge in [0.15, 0.2) is 0 Å². The van der Waals surface area contributed by atoms with E-state index in [0.717, 1.165) is 43.2 Å². The highest BCUT2D eigenvalue weighted by Crippen LogP contribution is 2.42. The largest absolute Gasteiger partial charge is 0.496 e. The molecule has 0 saturated carbocycles. The van der Waals surface area contributed by atoms with Gasteiger partial charge < -0.3 is 18.6 Å². The summed E-state index contributed by atoms with van der Waals surface area (Å²) in [5.41, 5.74) is 4.08. The average molecular weight is 454 g/mol. The van der Waals surface area contributed by atoms with E-state index in [-0.39, 0.29) is 0 Å². The minimum Gasteiger partial charge on any atom is -0.496 e. The predicted molar refractivity (Wildman–Crippen MR) is 104 cm³/mol. The molecule has 0 aliphatic heterocycles. The molecular formula is C18H18Br2N2O2. The van der Waals surface area contributed by atoms with E-state index >= 15 is 0 Å². The van der Waals surface area contributed by atoms with E-state index in [2.05, 4.69) is 53.1 Å². The highest BCUT2D eigenvalue weighted by atomic mass is 79.9.